The average molecular weight is 253 g/mol. The molecule has 1 aliphatic heterocycles. The van der Waals surface area contributed by atoms with E-state index in [2.05, 4.69) is 18.7 Å². The first-order valence-corrected chi connectivity index (χ1v) is 8.01. The average Bonchev–Trinajstić information content (AvgIpc) is 2.37. The van der Waals surface area contributed by atoms with Crippen LogP contribution in [0, 0.1) is 5.92 Å². The Bertz CT molecular complexity index is 227. The van der Waals surface area contributed by atoms with Gasteiger partial charge in [0, 0.05) is 19.5 Å². The minimum atomic E-state index is 0.398. The first-order chi connectivity index (χ1) is 8.74. The Balaban J connectivity index is 1.99. The summed E-state index contributed by atoms with van der Waals surface area (Å²) in [4.78, 5) is 14.1. The molecule has 0 N–H and O–H groups in total. The molecule has 0 saturated carbocycles. The number of unbranched alkanes of at least 4 members (excludes halogenated alkanes) is 6. The highest BCUT2D eigenvalue weighted by molar-refractivity contribution is 5.76. The highest BCUT2D eigenvalue weighted by Crippen LogP contribution is 2.17. The van der Waals surface area contributed by atoms with Crippen LogP contribution in [-0.2, 0) is 4.79 Å². The summed E-state index contributed by atoms with van der Waals surface area (Å²) < 4.78 is 0. The van der Waals surface area contributed by atoms with E-state index in [1.165, 1.54) is 51.4 Å². The summed E-state index contributed by atoms with van der Waals surface area (Å²) in [6.45, 7) is 6.50. The van der Waals surface area contributed by atoms with E-state index in [0.717, 1.165) is 25.9 Å². The summed E-state index contributed by atoms with van der Waals surface area (Å²) >= 11 is 0. The summed E-state index contributed by atoms with van der Waals surface area (Å²) in [6.07, 6.45) is 12.3. The van der Waals surface area contributed by atoms with E-state index in [1.807, 2.05) is 0 Å². The van der Waals surface area contributed by atoms with Gasteiger partial charge in [-0.25, -0.2) is 0 Å². The Morgan fingerprint density at radius 3 is 2.44 bits per heavy atom. The lowest BCUT2D eigenvalue weighted by molar-refractivity contribution is -0.133. The van der Waals surface area contributed by atoms with Gasteiger partial charge in [-0.3, -0.25) is 4.79 Å². The fourth-order valence-corrected chi connectivity index (χ4v) is 2.81. The van der Waals surface area contributed by atoms with Crippen LogP contribution in [0.5, 0.6) is 0 Å². The number of likely N-dealkylation sites (tertiary alicyclic amines) is 1. The number of carbonyl (C=O) groups excluding carboxylic acids is 1. The van der Waals surface area contributed by atoms with Gasteiger partial charge in [-0.1, -0.05) is 52.4 Å². The molecule has 0 aromatic carbocycles. The monoisotopic (exact) mass is 253 g/mol. The van der Waals surface area contributed by atoms with Crippen LogP contribution in [0.1, 0.15) is 78.1 Å². The van der Waals surface area contributed by atoms with Crippen molar-refractivity contribution in [1.82, 2.24) is 4.90 Å². The summed E-state index contributed by atoms with van der Waals surface area (Å²) in [5.41, 5.74) is 0. The van der Waals surface area contributed by atoms with Gasteiger partial charge >= 0.3 is 0 Å². The Morgan fingerprint density at radius 2 is 1.78 bits per heavy atom. The van der Waals surface area contributed by atoms with Gasteiger partial charge in [-0.15, -0.1) is 0 Å². The van der Waals surface area contributed by atoms with Gasteiger partial charge in [0.05, 0.1) is 0 Å². The molecule has 1 atom stereocenters. The van der Waals surface area contributed by atoms with Gasteiger partial charge in [-0.05, 0) is 25.2 Å². The second-order valence-corrected chi connectivity index (χ2v) is 5.96. The molecule has 1 amide bonds. The third-order valence-corrected chi connectivity index (χ3v) is 4.00. The van der Waals surface area contributed by atoms with Crippen molar-refractivity contribution in [3.05, 3.63) is 0 Å². The normalized spacial score (nSPS) is 20.1. The van der Waals surface area contributed by atoms with Crippen LogP contribution in [0.2, 0.25) is 0 Å². The molecule has 0 aliphatic carbocycles. The van der Waals surface area contributed by atoms with Crippen LogP contribution in [0.4, 0.5) is 0 Å². The third kappa shape index (κ3) is 6.42. The third-order valence-electron chi connectivity index (χ3n) is 4.00. The second kappa shape index (κ2) is 9.41. The van der Waals surface area contributed by atoms with Crippen LogP contribution in [0.3, 0.4) is 0 Å². The van der Waals surface area contributed by atoms with E-state index in [1.54, 1.807) is 0 Å². The molecular weight excluding hydrogens is 222 g/mol. The summed E-state index contributed by atoms with van der Waals surface area (Å²) in [6, 6.07) is 0. The lowest BCUT2D eigenvalue weighted by atomic mass is 9.99. The number of rotatable bonds is 8. The van der Waals surface area contributed by atoms with Crippen LogP contribution in [0.25, 0.3) is 0 Å². The lowest BCUT2D eigenvalue weighted by Gasteiger charge is -2.31. The van der Waals surface area contributed by atoms with Crippen molar-refractivity contribution in [2.45, 2.75) is 78.1 Å². The highest BCUT2D eigenvalue weighted by Gasteiger charge is 2.19. The number of carbonyl (C=O) groups is 1. The molecule has 2 heteroatoms. The van der Waals surface area contributed by atoms with Crippen molar-refractivity contribution in [2.75, 3.05) is 13.1 Å². The van der Waals surface area contributed by atoms with Crippen molar-refractivity contribution in [1.29, 1.82) is 0 Å². The molecule has 0 radical (unpaired) electrons. The van der Waals surface area contributed by atoms with Crippen molar-refractivity contribution >= 4 is 5.91 Å². The quantitative estimate of drug-likeness (QED) is 0.588. The molecule has 106 valence electrons. The zero-order valence-electron chi connectivity index (χ0n) is 12.4. The molecule has 1 unspecified atom stereocenters. The Kier molecular flexibility index (Phi) is 8.11. The van der Waals surface area contributed by atoms with Gasteiger partial charge < -0.3 is 4.90 Å². The maximum absolute atomic E-state index is 12.0. The maximum Gasteiger partial charge on any atom is 0.222 e. The molecule has 1 rings (SSSR count). The summed E-state index contributed by atoms with van der Waals surface area (Å²) in [7, 11) is 0. The van der Waals surface area contributed by atoms with Crippen LogP contribution >= 0.6 is 0 Å². The first kappa shape index (κ1) is 15.5. The summed E-state index contributed by atoms with van der Waals surface area (Å²) in [5.74, 6) is 1.10. The standard InChI is InChI=1S/C16H31NO/c1-3-4-5-6-7-8-9-12-16(18)17-13-10-11-15(2)14-17/h15H,3-14H2,1-2H3. The van der Waals surface area contributed by atoms with Crippen molar-refractivity contribution in [2.24, 2.45) is 5.92 Å². The smallest absolute Gasteiger partial charge is 0.222 e. The number of piperidine rings is 1. The van der Waals surface area contributed by atoms with Gasteiger partial charge in [0.1, 0.15) is 0 Å². The molecule has 18 heavy (non-hydrogen) atoms. The van der Waals surface area contributed by atoms with Crippen LogP contribution < -0.4 is 0 Å². The molecular formula is C16H31NO. The second-order valence-electron chi connectivity index (χ2n) is 5.96. The van der Waals surface area contributed by atoms with E-state index in [9.17, 15) is 4.79 Å². The molecule has 1 saturated heterocycles. The SMILES string of the molecule is CCCCCCCCCC(=O)N1CCCC(C)C1. The van der Waals surface area contributed by atoms with E-state index in [0.29, 0.717) is 11.8 Å². The fraction of sp³-hybridized carbons (Fsp3) is 0.938. The zero-order valence-corrected chi connectivity index (χ0v) is 12.4. The number of hydrogen-bond acceptors (Lipinski definition) is 1. The first-order valence-electron chi connectivity index (χ1n) is 8.01. The van der Waals surface area contributed by atoms with Crippen LogP contribution in [0.15, 0.2) is 0 Å². The molecule has 0 aromatic rings. The van der Waals surface area contributed by atoms with Gasteiger partial charge in [-0.2, -0.15) is 0 Å². The summed E-state index contributed by atoms with van der Waals surface area (Å²) in [5, 5.41) is 0. The molecule has 2 nitrogen and oxygen atoms in total. The number of nitrogens with zero attached hydrogens (tertiary/aromatic N) is 1. The van der Waals surface area contributed by atoms with Crippen molar-refractivity contribution in [3.8, 4) is 0 Å². The van der Waals surface area contributed by atoms with Gasteiger partial charge in [0.15, 0.2) is 0 Å². The Hall–Kier alpha value is -0.530. The molecule has 1 fully saturated rings. The Morgan fingerprint density at radius 1 is 1.11 bits per heavy atom. The predicted molar refractivity (Wildman–Crippen MR) is 77.6 cm³/mol. The minimum absolute atomic E-state index is 0.398. The fourth-order valence-electron chi connectivity index (χ4n) is 2.81. The predicted octanol–water partition coefficient (Wildman–Crippen LogP) is 4.39. The van der Waals surface area contributed by atoms with Crippen molar-refractivity contribution in [3.63, 3.8) is 0 Å². The topological polar surface area (TPSA) is 20.3 Å². The maximum atomic E-state index is 12.0. The molecule has 1 aliphatic rings. The molecule has 0 aromatic heterocycles. The minimum Gasteiger partial charge on any atom is -0.342 e. The molecule has 0 spiro atoms. The van der Waals surface area contributed by atoms with E-state index < -0.39 is 0 Å². The molecule has 0 bridgehead atoms. The Labute approximate surface area is 113 Å². The zero-order chi connectivity index (χ0) is 13.2. The van der Waals surface area contributed by atoms with Gasteiger partial charge in [0.25, 0.3) is 0 Å². The van der Waals surface area contributed by atoms with E-state index in [-0.39, 0.29) is 0 Å². The van der Waals surface area contributed by atoms with E-state index >= 15 is 0 Å². The van der Waals surface area contributed by atoms with Crippen molar-refractivity contribution < 1.29 is 4.79 Å². The largest absolute Gasteiger partial charge is 0.342 e. The number of amides is 1. The van der Waals surface area contributed by atoms with Crippen LogP contribution in [-0.4, -0.2) is 23.9 Å². The molecule has 1 heterocycles. The number of hydrogen-bond donors (Lipinski definition) is 0. The van der Waals surface area contributed by atoms with E-state index in [4.69, 9.17) is 0 Å². The lowest BCUT2D eigenvalue weighted by Crippen LogP contribution is -2.38. The highest BCUT2D eigenvalue weighted by atomic mass is 16.2. The van der Waals surface area contributed by atoms with Gasteiger partial charge in [0.2, 0.25) is 5.91 Å².